The van der Waals surface area contributed by atoms with Crippen LogP contribution in [0.25, 0.3) is 0 Å². The predicted octanol–water partition coefficient (Wildman–Crippen LogP) is 2.56. The monoisotopic (exact) mass is 285 g/mol. The zero-order valence-corrected chi connectivity index (χ0v) is 11.4. The Morgan fingerprint density at radius 1 is 1.24 bits per heavy atom. The number of methoxy groups -OCH3 is 1. The maximum Gasteiger partial charge on any atom is 0.339 e. The van der Waals surface area contributed by atoms with E-state index in [2.05, 4.69) is 15.8 Å². The van der Waals surface area contributed by atoms with Crippen molar-refractivity contribution in [3.8, 4) is 11.5 Å². The number of hydrogen-bond donors (Lipinski definition) is 3. The summed E-state index contributed by atoms with van der Waals surface area (Å²) in [5, 5.41) is 16.0. The van der Waals surface area contributed by atoms with Crippen molar-refractivity contribution in [3.63, 3.8) is 0 Å². The molecule has 6 heteroatoms. The van der Waals surface area contributed by atoms with Crippen LogP contribution in [0.15, 0.2) is 53.6 Å². The summed E-state index contributed by atoms with van der Waals surface area (Å²) in [7, 11) is 1.47. The Morgan fingerprint density at radius 2 is 2.00 bits per heavy atom. The fourth-order valence-corrected chi connectivity index (χ4v) is 1.63. The zero-order valence-electron chi connectivity index (χ0n) is 11.4. The molecule has 0 fully saturated rings. The van der Waals surface area contributed by atoms with Crippen molar-refractivity contribution in [2.45, 2.75) is 0 Å². The summed E-state index contributed by atoms with van der Waals surface area (Å²) in [6.45, 7) is 0. The number of hydrogen-bond acceptors (Lipinski definition) is 4. The van der Waals surface area contributed by atoms with Crippen LogP contribution in [0.3, 0.4) is 0 Å². The molecular weight excluding hydrogens is 270 g/mol. The fraction of sp³-hybridized carbons (Fsp3) is 0.0667. The van der Waals surface area contributed by atoms with Gasteiger partial charge in [0, 0.05) is 5.69 Å². The first kappa shape index (κ1) is 14.4. The number of anilines is 1. The number of phenols is 1. The molecule has 108 valence electrons. The Kier molecular flexibility index (Phi) is 4.76. The Morgan fingerprint density at radius 3 is 2.67 bits per heavy atom. The molecule has 3 N–H and O–H groups in total. The van der Waals surface area contributed by atoms with Crippen molar-refractivity contribution in [1.29, 1.82) is 0 Å². The first-order chi connectivity index (χ1) is 10.2. The van der Waals surface area contributed by atoms with Gasteiger partial charge in [-0.2, -0.15) is 5.10 Å². The number of amides is 2. The third-order valence-electron chi connectivity index (χ3n) is 2.61. The van der Waals surface area contributed by atoms with Crippen LogP contribution in [-0.2, 0) is 0 Å². The normalized spacial score (nSPS) is 10.3. The fourth-order valence-electron chi connectivity index (χ4n) is 1.63. The Labute approximate surface area is 122 Å². The molecule has 2 aromatic rings. The highest BCUT2D eigenvalue weighted by atomic mass is 16.5. The number of aromatic hydroxyl groups is 1. The highest BCUT2D eigenvalue weighted by molar-refractivity contribution is 5.90. The van der Waals surface area contributed by atoms with Crippen molar-refractivity contribution in [2.75, 3.05) is 12.4 Å². The van der Waals surface area contributed by atoms with Crippen LogP contribution in [0.4, 0.5) is 10.5 Å². The summed E-state index contributed by atoms with van der Waals surface area (Å²) in [6, 6.07) is 13.4. The van der Waals surface area contributed by atoms with Crippen molar-refractivity contribution in [2.24, 2.45) is 5.10 Å². The van der Waals surface area contributed by atoms with Gasteiger partial charge in [-0.15, -0.1) is 0 Å². The summed E-state index contributed by atoms with van der Waals surface area (Å²) >= 11 is 0. The van der Waals surface area contributed by atoms with E-state index in [0.717, 1.165) is 0 Å². The zero-order chi connectivity index (χ0) is 15.1. The molecule has 0 aliphatic rings. The van der Waals surface area contributed by atoms with Gasteiger partial charge in [-0.25, -0.2) is 10.2 Å². The highest BCUT2D eigenvalue weighted by Gasteiger charge is 2.01. The maximum atomic E-state index is 11.6. The van der Waals surface area contributed by atoms with E-state index in [0.29, 0.717) is 17.0 Å². The number of carbonyl (C=O) groups excluding carboxylic acids is 1. The molecule has 2 aromatic carbocycles. The van der Waals surface area contributed by atoms with Gasteiger partial charge in [0.25, 0.3) is 0 Å². The van der Waals surface area contributed by atoms with Gasteiger partial charge in [-0.05, 0) is 35.9 Å². The smallest absolute Gasteiger partial charge is 0.339 e. The van der Waals surface area contributed by atoms with E-state index in [1.54, 1.807) is 24.3 Å². The minimum Gasteiger partial charge on any atom is -0.504 e. The summed E-state index contributed by atoms with van der Waals surface area (Å²) in [5.41, 5.74) is 3.64. The lowest BCUT2D eigenvalue weighted by molar-refractivity contribution is 0.252. The van der Waals surface area contributed by atoms with Crippen LogP contribution in [0.1, 0.15) is 5.56 Å². The largest absolute Gasteiger partial charge is 0.504 e. The number of nitrogens with one attached hydrogen (secondary N) is 2. The molecule has 0 aromatic heterocycles. The average molecular weight is 285 g/mol. The molecule has 0 aliphatic carbocycles. The molecule has 0 saturated heterocycles. The van der Waals surface area contributed by atoms with E-state index in [1.165, 1.54) is 19.4 Å². The van der Waals surface area contributed by atoms with Gasteiger partial charge in [-0.1, -0.05) is 18.2 Å². The summed E-state index contributed by atoms with van der Waals surface area (Å²) in [4.78, 5) is 11.6. The number of phenolic OH excluding ortho intramolecular Hbond substituents is 1. The lowest BCUT2D eigenvalue weighted by atomic mass is 10.2. The molecule has 2 amide bonds. The molecule has 0 heterocycles. The quantitative estimate of drug-likeness (QED) is 0.596. The third kappa shape index (κ3) is 4.24. The molecule has 0 unspecified atom stereocenters. The molecular formula is C15H15N3O3. The number of urea groups is 1. The van der Waals surface area contributed by atoms with E-state index in [4.69, 9.17) is 4.74 Å². The number of hydrazone groups is 1. The van der Waals surface area contributed by atoms with Crippen LogP contribution in [0, 0.1) is 0 Å². The van der Waals surface area contributed by atoms with Crippen molar-refractivity contribution in [3.05, 3.63) is 54.1 Å². The molecule has 6 nitrogen and oxygen atoms in total. The molecule has 0 bridgehead atoms. The van der Waals surface area contributed by atoms with E-state index in [-0.39, 0.29) is 5.75 Å². The van der Waals surface area contributed by atoms with E-state index in [9.17, 15) is 9.90 Å². The lowest BCUT2D eigenvalue weighted by Gasteiger charge is -2.04. The van der Waals surface area contributed by atoms with Crippen LogP contribution in [-0.4, -0.2) is 24.5 Å². The number of ether oxygens (including phenoxy) is 1. The Bertz CT molecular complexity index is 642. The van der Waals surface area contributed by atoms with Crippen LogP contribution in [0.5, 0.6) is 11.5 Å². The second-order valence-electron chi connectivity index (χ2n) is 4.12. The van der Waals surface area contributed by atoms with Crippen LogP contribution < -0.4 is 15.5 Å². The van der Waals surface area contributed by atoms with E-state index in [1.807, 2.05) is 18.2 Å². The molecule has 0 radical (unpaired) electrons. The van der Waals surface area contributed by atoms with Gasteiger partial charge >= 0.3 is 6.03 Å². The predicted molar refractivity (Wildman–Crippen MR) is 80.8 cm³/mol. The molecule has 0 atom stereocenters. The second kappa shape index (κ2) is 6.95. The molecule has 0 aliphatic heterocycles. The average Bonchev–Trinajstić information content (AvgIpc) is 2.48. The molecule has 0 saturated carbocycles. The van der Waals surface area contributed by atoms with Crippen LogP contribution >= 0.6 is 0 Å². The van der Waals surface area contributed by atoms with Gasteiger partial charge in [0.15, 0.2) is 11.5 Å². The SMILES string of the molecule is COc1ccc(/C=N/NC(=O)Nc2ccccc2)cc1O. The molecule has 0 spiro atoms. The summed E-state index contributed by atoms with van der Waals surface area (Å²) in [5.74, 6) is 0.386. The highest BCUT2D eigenvalue weighted by Crippen LogP contribution is 2.25. The minimum atomic E-state index is -0.449. The van der Waals surface area contributed by atoms with Crippen molar-refractivity contribution < 1.29 is 14.6 Å². The van der Waals surface area contributed by atoms with Gasteiger partial charge in [0.05, 0.1) is 13.3 Å². The van der Waals surface area contributed by atoms with Crippen LogP contribution in [0.2, 0.25) is 0 Å². The number of rotatable bonds is 4. The minimum absolute atomic E-state index is 0.00943. The van der Waals surface area contributed by atoms with Gasteiger partial charge in [0.1, 0.15) is 0 Å². The van der Waals surface area contributed by atoms with E-state index >= 15 is 0 Å². The molecule has 21 heavy (non-hydrogen) atoms. The number of benzene rings is 2. The third-order valence-corrected chi connectivity index (χ3v) is 2.61. The lowest BCUT2D eigenvalue weighted by Crippen LogP contribution is -2.24. The maximum absolute atomic E-state index is 11.6. The first-order valence-corrected chi connectivity index (χ1v) is 6.21. The Balaban J connectivity index is 1.90. The standard InChI is InChI=1S/C15H15N3O3/c1-21-14-8-7-11(9-13(14)19)10-16-18-15(20)17-12-5-3-2-4-6-12/h2-10,19H,1H3,(H2,17,18,20)/b16-10+. The summed E-state index contributed by atoms with van der Waals surface area (Å²) < 4.78 is 4.93. The van der Waals surface area contributed by atoms with Gasteiger partial charge in [0.2, 0.25) is 0 Å². The van der Waals surface area contributed by atoms with Gasteiger partial charge in [-0.3, -0.25) is 0 Å². The van der Waals surface area contributed by atoms with Crippen molar-refractivity contribution >= 4 is 17.9 Å². The van der Waals surface area contributed by atoms with E-state index < -0.39 is 6.03 Å². The Hall–Kier alpha value is -3.02. The second-order valence-corrected chi connectivity index (χ2v) is 4.12. The number of nitrogens with zero attached hydrogens (tertiary/aromatic N) is 1. The first-order valence-electron chi connectivity index (χ1n) is 6.21. The number of para-hydroxylation sites is 1. The number of carbonyl (C=O) groups is 1. The topological polar surface area (TPSA) is 83.0 Å². The van der Waals surface area contributed by atoms with Gasteiger partial charge < -0.3 is 15.2 Å². The summed E-state index contributed by atoms with van der Waals surface area (Å²) in [6.07, 6.45) is 1.42. The van der Waals surface area contributed by atoms with Crippen molar-refractivity contribution in [1.82, 2.24) is 5.43 Å². The molecule has 2 rings (SSSR count).